The van der Waals surface area contributed by atoms with Crippen LogP contribution in [-0.4, -0.2) is 16.0 Å². The Labute approximate surface area is 70.7 Å². The van der Waals surface area contributed by atoms with Crippen LogP contribution in [0.2, 0.25) is 0 Å². The number of hydrogen-bond acceptors (Lipinski definition) is 2. The van der Waals surface area contributed by atoms with Crippen molar-refractivity contribution in [1.82, 2.24) is 10.2 Å². The van der Waals surface area contributed by atoms with Gasteiger partial charge in [-0.25, -0.2) is 0 Å². The summed E-state index contributed by atoms with van der Waals surface area (Å²) in [4.78, 5) is 0. The highest BCUT2D eigenvalue weighted by atomic mass is 15.1. The summed E-state index contributed by atoms with van der Waals surface area (Å²) in [5.41, 5.74) is 8.37. The van der Waals surface area contributed by atoms with E-state index in [1.54, 1.807) is 0 Å². The van der Waals surface area contributed by atoms with E-state index in [1.807, 2.05) is 0 Å². The van der Waals surface area contributed by atoms with Crippen molar-refractivity contribution in [2.45, 2.75) is 25.7 Å². The van der Waals surface area contributed by atoms with Crippen LogP contribution in [0, 0.1) is 5.41 Å². The summed E-state index contributed by atoms with van der Waals surface area (Å²) in [6.07, 6.45) is 4.47. The van der Waals surface area contributed by atoms with Crippen molar-refractivity contribution in [1.29, 1.82) is 5.41 Å². The first-order chi connectivity index (χ1) is 5.79. The lowest BCUT2D eigenvalue weighted by Gasteiger charge is -2.10. The van der Waals surface area contributed by atoms with Gasteiger partial charge in [-0.05, 0) is 25.7 Å². The third-order valence-corrected chi connectivity index (χ3v) is 2.31. The predicted molar refractivity (Wildman–Crippen MR) is 46.2 cm³/mol. The Kier molecular flexibility index (Phi) is 1.60. The lowest BCUT2D eigenvalue weighted by molar-refractivity contribution is 0.674. The molecule has 1 aliphatic rings. The van der Waals surface area contributed by atoms with Crippen LogP contribution in [0.4, 0.5) is 0 Å². The van der Waals surface area contributed by atoms with Gasteiger partial charge in [0.15, 0.2) is 0 Å². The highest BCUT2D eigenvalue weighted by Crippen LogP contribution is 2.21. The minimum atomic E-state index is 0.0781. The molecule has 0 unspecified atom stereocenters. The summed E-state index contributed by atoms with van der Waals surface area (Å²) in [5, 5.41) is 14.2. The molecule has 0 saturated carbocycles. The molecule has 4 nitrogen and oxygen atoms in total. The second kappa shape index (κ2) is 2.62. The fourth-order valence-electron chi connectivity index (χ4n) is 1.70. The standard InChI is InChI=1S/C8H12N4/c9-8(10)7-5-3-1-2-4-6(5)11-12-7/h1-4H2,(H3,9,10)(H,11,12). The van der Waals surface area contributed by atoms with Gasteiger partial charge in [-0.2, -0.15) is 5.10 Å². The molecular formula is C8H12N4. The summed E-state index contributed by atoms with van der Waals surface area (Å²) in [7, 11) is 0. The van der Waals surface area contributed by atoms with Crippen molar-refractivity contribution in [3.63, 3.8) is 0 Å². The number of fused-ring (bicyclic) bond motifs is 1. The van der Waals surface area contributed by atoms with E-state index >= 15 is 0 Å². The van der Waals surface area contributed by atoms with E-state index in [4.69, 9.17) is 11.1 Å². The lowest BCUT2D eigenvalue weighted by Crippen LogP contribution is -2.15. The Morgan fingerprint density at radius 3 is 2.92 bits per heavy atom. The highest BCUT2D eigenvalue weighted by molar-refractivity contribution is 5.94. The summed E-state index contributed by atoms with van der Waals surface area (Å²) < 4.78 is 0. The largest absolute Gasteiger partial charge is 0.382 e. The summed E-state index contributed by atoms with van der Waals surface area (Å²) in [6, 6.07) is 0. The molecule has 1 aliphatic carbocycles. The van der Waals surface area contributed by atoms with Crippen molar-refractivity contribution in [3.8, 4) is 0 Å². The fraction of sp³-hybridized carbons (Fsp3) is 0.500. The zero-order valence-corrected chi connectivity index (χ0v) is 6.85. The predicted octanol–water partition coefficient (Wildman–Crippen LogP) is 0.573. The number of aromatic amines is 1. The maximum atomic E-state index is 7.29. The van der Waals surface area contributed by atoms with Gasteiger partial charge in [-0.1, -0.05) is 0 Å². The van der Waals surface area contributed by atoms with Crippen molar-refractivity contribution in [3.05, 3.63) is 17.0 Å². The number of nitrogen functional groups attached to an aromatic ring is 1. The number of amidine groups is 1. The molecule has 0 aromatic carbocycles. The summed E-state index contributed by atoms with van der Waals surface area (Å²) >= 11 is 0. The highest BCUT2D eigenvalue weighted by Gasteiger charge is 2.17. The topological polar surface area (TPSA) is 78.6 Å². The minimum absolute atomic E-state index is 0.0781. The van der Waals surface area contributed by atoms with E-state index in [9.17, 15) is 0 Å². The Bertz CT molecular complexity index is 313. The molecule has 64 valence electrons. The van der Waals surface area contributed by atoms with Gasteiger partial charge in [0.05, 0.1) is 0 Å². The maximum absolute atomic E-state index is 7.29. The quantitative estimate of drug-likeness (QED) is 0.419. The van der Waals surface area contributed by atoms with Crippen molar-refractivity contribution in [2.75, 3.05) is 0 Å². The fourth-order valence-corrected chi connectivity index (χ4v) is 1.70. The SMILES string of the molecule is N=C(N)c1n[nH]c2c1CCCC2. The Morgan fingerprint density at radius 1 is 1.42 bits per heavy atom. The first-order valence-corrected chi connectivity index (χ1v) is 4.19. The van der Waals surface area contributed by atoms with Crippen LogP contribution in [0.3, 0.4) is 0 Å². The monoisotopic (exact) mass is 164 g/mol. The van der Waals surface area contributed by atoms with Crippen LogP contribution >= 0.6 is 0 Å². The normalized spacial score (nSPS) is 15.7. The second-order valence-corrected chi connectivity index (χ2v) is 3.15. The summed E-state index contributed by atoms with van der Waals surface area (Å²) in [6.45, 7) is 0. The number of rotatable bonds is 1. The zero-order valence-electron chi connectivity index (χ0n) is 6.85. The first kappa shape index (κ1) is 7.34. The number of H-pyrrole nitrogens is 1. The van der Waals surface area contributed by atoms with Crippen LogP contribution in [0.15, 0.2) is 0 Å². The van der Waals surface area contributed by atoms with E-state index < -0.39 is 0 Å². The van der Waals surface area contributed by atoms with Gasteiger partial charge in [0.1, 0.15) is 11.5 Å². The van der Waals surface area contributed by atoms with Gasteiger partial charge >= 0.3 is 0 Å². The van der Waals surface area contributed by atoms with Gasteiger partial charge in [-0.3, -0.25) is 10.5 Å². The molecule has 1 heterocycles. The molecule has 0 bridgehead atoms. The average Bonchev–Trinajstić information content (AvgIpc) is 2.47. The maximum Gasteiger partial charge on any atom is 0.144 e. The number of nitrogens with one attached hydrogen (secondary N) is 2. The van der Waals surface area contributed by atoms with Crippen LogP contribution in [0.1, 0.15) is 29.8 Å². The molecule has 1 aromatic heterocycles. The average molecular weight is 164 g/mol. The molecule has 0 spiro atoms. The summed E-state index contributed by atoms with van der Waals surface area (Å²) in [5.74, 6) is 0.0781. The van der Waals surface area contributed by atoms with Crippen molar-refractivity contribution in [2.24, 2.45) is 5.73 Å². The third kappa shape index (κ3) is 0.995. The van der Waals surface area contributed by atoms with E-state index in [1.165, 1.54) is 18.5 Å². The first-order valence-electron chi connectivity index (χ1n) is 4.19. The number of nitrogens with zero attached hydrogens (tertiary/aromatic N) is 1. The molecule has 12 heavy (non-hydrogen) atoms. The molecule has 4 N–H and O–H groups in total. The van der Waals surface area contributed by atoms with Gasteiger partial charge < -0.3 is 5.73 Å². The van der Waals surface area contributed by atoms with Crippen molar-refractivity contribution >= 4 is 5.84 Å². The van der Waals surface area contributed by atoms with Crippen molar-refractivity contribution < 1.29 is 0 Å². The minimum Gasteiger partial charge on any atom is -0.382 e. The molecule has 0 saturated heterocycles. The molecule has 0 fully saturated rings. The van der Waals surface area contributed by atoms with Crippen LogP contribution in [0.5, 0.6) is 0 Å². The number of hydrogen-bond donors (Lipinski definition) is 3. The Hall–Kier alpha value is -1.32. The molecule has 2 rings (SSSR count). The van der Waals surface area contributed by atoms with Gasteiger partial charge in [0.25, 0.3) is 0 Å². The van der Waals surface area contributed by atoms with Gasteiger partial charge in [0, 0.05) is 11.3 Å². The molecule has 1 aromatic rings. The third-order valence-electron chi connectivity index (χ3n) is 2.31. The smallest absolute Gasteiger partial charge is 0.144 e. The van der Waals surface area contributed by atoms with E-state index in [-0.39, 0.29) is 5.84 Å². The molecule has 0 aliphatic heterocycles. The molecule has 0 radical (unpaired) electrons. The second-order valence-electron chi connectivity index (χ2n) is 3.15. The Morgan fingerprint density at radius 2 is 2.17 bits per heavy atom. The number of nitrogens with two attached hydrogens (primary N) is 1. The van der Waals surface area contributed by atoms with Crippen LogP contribution in [-0.2, 0) is 12.8 Å². The van der Waals surface area contributed by atoms with Crippen LogP contribution in [0.25, 0.3) is 0 Å². The number of aromatic nitrogens is 2. The van der Waals surface area contributed by atoms with E-state index in [0.717, 1.165) is 18.4 Å². The Balaban J connectivity index is 2.44. The van der Waals surface area contributed by atoms with Gasteiger partial charge in [0.2, 0.25) is 0 Å². The van der Waals surface area contributed by atoms with Gasteiger partial charge in [-0.15, -0.1) is 0 Å². The molecular weight excluding hydrogens is 152 g/mol. The van der Waals surface area contributed by atoms with Crippen LogP contribution < -0.4 is 5.73 Å². The van der Waals surface area contributed by atoms with E-state index in [0.29, 0.717) is 5.69 Å². The van der Waals surface area contributed by atoms with E-state index in [2.05, 4.69) is 10.2 Å². The lowest BCUT2D eigenvalue weighted by atomic mass is 9.96. The number of aryl methyl sites for hydroxylation is 1. The molecule has 0 amide bonds. The molecule has 4 heteroatoms. The zero-order chi connectivity index (χ0) is 8.55. The molecule has 0 atom stereocenters.